The number of carbonyl (C=O) groups is 1. The van der Waals surface area contributed by atoms with E-state index in [4.69, 9.17) is 5.11 Å². The molecular formula is C10H11N3O4S. The Balaban J connectivity index is 2.28. The van der Waals surface area contributed by atoms with E-state index in [2.05, 4.69) is 10.3 Å². The number of nitrogens with zero attached hydrogens (tertiary/aromatic N) is 2. The fraction of sp³-hybridized carbons (Fsp3) is 0.400. The fourth-order valence-electron chi connectivity index (χ4n) is 1.70. The highest BCUT2D eigenvalue weighted by molar-refractivity contribution is 7.99. The Hall–Kier alpha value is -1.83. The number of rotatable bonds is 4. The maximum Gasteiger partial charge on any atom is 0.364 e. The van der Waals surface area contributed by atoms with Crippen LogP contribution in [0.3, 0.4) is 0 Å². The first-order chi connectivity index (χ1) is 8.58. The summed E-state index contributed by atoms with van der Waals surface area (Å²) in [7, 11) is 0. The first-order valence-electron chi connectivity index (χ1n) is 5.30. The maximum absolute atomic E-state index is 11.1. The molecule has 0 amide bonds. The molecule has 1 aromatic rings. The van der Waals surface area contributed by atoms with E-state index in [0.29, 0.717) is 5.69 Å². The predicted octanol–water partition coefficient (Wildman–Crippen LogP) is 1.61. The molecule has 0 aromatic carbocycles. The first kappa shape index (κ1) is 12.6. The van der Waals surface area contributed by atoms with Crippen molar-refractivity contribution in [2.45, 2.75) is 12.5 Å². The van der Waals surface area contributed by atoms with Crippen molar-refractivity contribution in [1.82, 2.24) is 4.98 Å². The van der Waals surface area contributed by atoms with Gasteiger partial charge in [0, 0.05) is 11.8 Å². The molecule has 0 radical (unpaired) electrons. The van der Waals surface area contributed by atoms with Crippen LogP contribution >= 0.6 is 11.8 Å². The van der Waals surface area contributed by atoms with E-state index in [0.717, 1.165) is 24.0 Å². The summed E-state index contributed by atoms with van der Waals surface area (Å²) in [5, 5.41) is 22.7. The number of nitrogens with one attached hydrogen (secondary N) is 1. The van der Waals surface area contributed by atoms with Gasteiger partial charge in [-0.15, -0.1) is 0 Å². The molecule has 0 aliphatic carbocycles. The van der Waals surface area contributed by atoms with Crippen LogP contribution in [0.4, 0.5) is 11.5 Å². The van der Waals surface area contributed by atoms with Gasteiger partial charge < -0.3 is 20.5 Å². The van der Waals surface area contributed by atoms with Crippen molar-refractivity contribution in [1.29, 1.82) is 0 Å². The van der Waals surface area contributed by atoms with Gasteiger partial charge in [0.25, 0.3) is 0 Å². The average Bonchev–Trinajstić information content (AvgIpc) is 2.81. The van der Waals surface area contributed by atoms with Gasteiger partial charge >= 0.3 is 11.8 Å². The van der Waals surface area contributed by atoms with Gasteiger partial charge in [0.15, 0.2) is 6.20 Å². The zero-order chi connectivity index (χ0) is 13.1. The van der Waals surface area contributed by atoms with Gasteiger partial charge in [0.2, 0.25) is 0 Å². The molecule has 8 heteroatoms. The lowest BCUT2D eigenvalue weighted by Crippen LogP contribution is -2.20. The smallest absolute Gasteiger partial charge is 0.364 e. The monoisotopic (exact) mass is 269 g/mol. The van der Waals surface area contributed by atoms with Crippen molar-refractivity contribution in [2.75, 3.05) is 16.8 Å². The van der Waals surface area contributed by atoms with Gasteiger partial charge in [-0.3, -0.25) is 0 Å². The summed E-state index contributed by atoms with van der Waals surface area (Å²) in [4.78, 5) is 24.6. The number of aromatic nitrogens is 1. The quantitative estimate of drug-likeness (QED) is 0.631. The molecular weight excluding hydrogens is 258 g/mol. The maximum atomic E-state index is 11.1. The van der Waals surface area contributed by atoms with Gasteiger partial charge in [0.05, 0.1) is 17.3 Å². The van der Waals surface area contributed by atoms with Gasteiger partial charge in [-0.25, -0.2) is 4.79 Å². The van der Waals surface area contributed by atoms with Gasteiger partial charge in [-0.1, -0.05) is 0 Å². The lowest BCUT2D eigenvalue weighted by atomic mass is 10.2. The van der Waals surface area contributed by atoms with Crippen molar-refractivity contribution in [2.24, 2.45) is 0 Å². The van der Waals surface area contributed by atoms with Gasteiger partial charge in [-0.05, 0) is 22.1 Å². The first-order valence-corrected chi connectivity index (χ1v) is 6.45. The molecule has 0 bridgehead atoms. The Labute approximate surface area is 107 Å². The highest BCUT2D eigenvalue weighted by atomic mass is 32.2. The number of thioether (sulfide) groups is 1. The van der Waals surface area contributed by atoms with E-state index in [1.807, 2.05) is 0 Å². The SMILES string of the molecule is O=C(O)c1cc([N+](=O)[O-])ncc1NC1CCSC1. The van der Waals surface area contributed by atoms with E-state index < -0.39 is 16.7 Å². The lowest BCUT2D eigenvalue weighted by molar-refractivity contribution is -0.389. The summed E-state index contributed by atoms with van der Waals surface area (Å²) in [6.45, 7) is 0. The second kappa shape index (κ2) is 5.21. The molecule has 1 aliphatic heterocycles. The minimum atomic E-state index is -1.20. The number of carboxylic acid groups (broad SMARTS) is 1. The van der Waals surface area contributed by atoms with Gasteiger partial charge in [0.1, 0.15) is 0 Å². The van der Waals surface area contributed by atoms with Gasteiger partial charge in [-0.2, -0.15) is 11.8 Å². The number of aromatic carboxylic acids is 1. The van der Waals surface area contributed by atoms with Crippen LogP contribution in [0.2, 0.25) is 0 Å². The molecule has 1 aromatic heterocycles. The zero-order valence-electron chi connectivity index (χ0n) is 9.33. The van der Waals surface area contributed by atoms with Crippen molar-refractivity contribution in [3.05, 3.63) is 27.9 Å². The molecule has 1 unspecified atom stereocenters. The fourth-order valence-corrected chi connectivity index (χ4v) is 2.86. The van der Waals surface area contributed by atoms with Crippen molar-refractivity contribution in [3.8, 4) is 0 Å². The van der Waals surface area contributed by atoms with Crippen LogP contribution in [0.1, 0.15) is 16.8 Å². The van der Waals surface area contributed by atoms with Crippen molar-refractivity contribution < 1.29 is 14.8 Å². The van der Waals surface area contributed by atoms with E-state index in [-0.39, 0.29) is 11.6 Å². The number of hydrogen-bond acceptors (Lipinski definition) is 6. The van der Waals surface area contributed by atoms with Crippen molar-refractivity contribution in [3.63, 3.8) is 0 Å². The Morgan fingerprint density at radius 3 is 3.00 bits per heavy atom. The molecule has 1 fully saturated rings. The molecule has 1 saturated heterocycles. The number of carboxylic acids is 1. The van der Waals surface area contributed by atoms with Crippen LogP contribution in [0, 0.1) is 10.1 Å². The Bertz CT molecular complexity index is 488. The van der Waals surface area contributed by atoms with Crippen LogP contribution in [0.5, 0.6) is 0 Å². The number of nitro groups is 1. The molecule has 1 atom stereocenters. The van der Waals surface area contributed by atoms with Crippen LogP contribution in [0.25, 0.3) is 0 Å². The normalized spacial score (nSPS) is 18.6. The number of anilines is 1. The average molecular weight is 269 g/mol. The molecule has 2 rings (SSSR count). The van der Waals surface area contributed by atoms with E-state index in [1.54, 1.807) is 11.8 Å². The number of pyridine rings is 1. The van der Waals surface area contributed by atoms with Crippen LogP contribution in [0.15, 0.2) is 12.3 Å². The third-order valence-corrected chi connectivity index (χ3v) is 3.76. The third kappa shape index (κ3) is 2.70. The Morgan fingerprint density at radius 2 is 2.44 bits per heavy atom. The van der Waals surface area contributed by atoms with Crippen LogP contribution in [-0.2, 0) is 0 Å². The Morgan fingerprint density at radius 1 is 1.67 bits per heavy atom. The standard InChI is InChI=1S/C10H11N3O4S/c14-10(15)7-3-9(13(16)17)11-4-8(7)12-6-1-2-18-5-6/h3-4,6,12H,1-2,5H2,(H,14,15). The lowest BCUT2D eigenvalue weighted by Gasteiger charge is -2.13. The molecule has 2 N–H and O–H groups in total. The summed E-state index contributed by atoms with van der Waals surface area (Å²) in [6.07, 6.45) is 2.16. The summed E-state index contributed by atoms with van der Waals surface area (Å²) in [5.41, 5.74) is 0.217. The minimum Gasteiger partial charge on any atom is -0.478 e. The zero-order valence-corrected chi connectivity index (χ0v) is 10.1. The topological polar surface area (TPSA) is 105 Å². The highest BCUT2D eigenvalue weighted by Gasteiger charge is 2.22. The van der Waals surface area contributed by atoms with E-state index in [1.165, 1.54) is 6.20 Å². The molecule has 18 heavy (non-hydrogen) atoms. The molecule has 0 spiro atoms. The minimum absolute atomic E-state index is 0.117. The summed E-state index contributed by atoms with van der Waals surface area (Å²) < 4.78 is 0. The second-order valence-corrected chi connectivity index (χ2v) is 5.01. The molecule has 1 aliphatic rings. The highest BCUT2D eigenvalue weighted by Crippen LogP contribution is 2.25. The second-order valence-electron chi connectivity index (χ2n) is 3.86. The molecule has 0 saturated carbocycles. The largest absolute Gasteiger partial charge is 0.478 e. The number of hydrogen-bond donors (Lipinski definition) is 2. The molecule has 7 nitrogen and oxygen atoms in total. The van der Waals surface area contributed by atoms with Crippen LogP contribution in [-0.4, -0.2) is 38.5 Å². The summed E-state index contributed by atoms with van der Waals surface area (Å²) in [6, 6.07) is 1.17. The van der Waals surface area contributed by atoms with Crippen LogP contribution < -0.4 is 5.32 Å². The summed E-state index contributed by atoms with van der Waals surface area (Å²) in [5.74, 6) is 0.267. The van der Waals surface area contributed by atoms with Crippen molar-refractivity contribution >= 4 is 29.2 Å². The Kier molecular flexibility index (Phi) is 3.66. The van der Waals surface area contributed by atoms with E-state index in [9.17, 15) is 14.9 Å². The third-order valence-electron chi connectivity index (χ3n) is 2.60. The predicted molar refractivity (Wildman–Crippen MR) is 67.2 cm³/mol. The summed E-state index contributed by atoms with van der Waals surface area (Å²) >= 11 is 1.79. The molecule has 2 heterocycles. The molecule has 96 valence electrons. The van der Waals surface area contributed by atoms with E-state index >= 15 is 0 Å².